The van der Waals surface area contributed by atoms with E-state index in [-0.39, 0.29) is 5.60 Å². The molecule has 2 aliphatic rings. The van der Waals surface area contributed by atoms with Crippen LogP contribution in [0.3, 0.4) is 0 Å². The smallest absolute Gasteiger partial charge is 0.0819 e. The topological polar surface area (TPSA) is 9.23 Å². The Hall–Kier alpha value is -0.820. The molecule has 0 atom stereocenters. The Morgan fingerprint density at radius 2 is 2.27 bits per heavy atom. The van der Waals surface area contributed by atoms with Crippen LogP contribution in [0.15, 0.2) is 35.5 Å². The molecule has 0 N–H and O–H groups in total. The molecule has 58 valence electrons. The number of rotatable bonds is 0. The van der Waals surface area contributed by atoms with Crippen LogP contribution in [0.25, 0.3) is 0 Å². The van der Waals surface area contributed by atoms with E-state index in [0.717, 1.165) is 6.61 Å². The summed E-state index contributed by atoms with van der Waals surface area (Å²) in [6.07, 6.45) is 8.50. The summed E-state index contributed by atoms with van der Waals surface area (Å²) in [6.45, 7) is 4.93. The molecule has 0 fully saturated rings. The fraction of sp³-hybridized carbons (Fsp3) is 0.400. The van der Waals surface area contributed by atoms with Crippen LogP contribution in [-0.4, -0.2) is 12.2 Å². The van der Waals surface area contributed by atoms with E-state index >= 15 is 0 Å². The normalized spacial score (nSPS) is 26.0. The van der Waals surface area contributed by atoms with Crippen molar-refractivity contribution in [3.05, 3.63) is 35.5 Å². The van der Waals surface area contributed by atoms with Gasteiger partial charge < -0.3 is 4.74 Å². The maximum atomic E-state index is 5.59. The van der Waals surface area contributed by atoms with Gasteiger partial charge in [0.15, 0.2) is 0 Å². The molecule has 1 aliphatic heterocycles. The van der Waals surface area contributed by atoms with E-state index < -0.39 is 0 Å². The predicted octanol–water partition coefficient (Wildman–Crippen LogP) is 2.22. The summed E-state index contributed by atoms with van der Waals surface area (Å²) in [6, 6.07) is 0. The maximum absolute atomic E-state index is 5.59. The number of fused-ring (bicyclic) bond motifs is 1. The first-order valence-electron chi connectivity index (χ1n) is 3.92. The summed E-state index contributed by atoms with van der Waals surface area (Å²) in [7, 11) is 0. The van der Waals surface area contributed by atoms with E-state index in [1.165, 1.54) is 11.1 Å². The molecule has 0 aromatic carbocycles. The van der Waals surface area contributed by atoms with E-state index in [0.29, 0.717) is 0 Å². The molecule has 0 bridgehead atoms. The average molecular weight is 148 g/mol. The number of allylic oxidation sites excluding steroid dienone is 3. The van der Waals surface area contributed by atoms with Crippen LogP contribution >= 0.6 is 0 Å². The summed E-state index contributed by atoms with van der Waals surface area (Å²) in [4.78, 5) is 0. The molecule has 0 saturated carbocycles. The van der Waals surface area contributed by atoms with Crippen LogP contribution in [0.4, 0.5) is 0 Å². The second kappa shape index (κ2) is 2.08. The summed E-state index contributed by atoms with van der Waals surface area (Å²) >= 11 is 0. The van der Waals surface area contributed by atoms with Gasteiger partial charge in [0.05, 0.1) is 12.2 Å². The van der Waals surface area contributed by atoms with Crippen molar-refractivity contribution in [2.24, 2.45) is 0 Å². The molecule has 0 radical (unpaired) electrons. The summed E-state index contributed by atoms with van der Waals surface area (Å²) in [5.41, 5.74) is 2.56. The van der Waals surface area contributed by atoms with Crippen molar-refractivity contribution < 1.29 is 4.74 Å². The lowest BCUT2D eigenvalue weighted by atomic mass is 9.98. The summed E-state index contributed by atoms with van der Waals surface area (Å²) in [5, 5.41) is 0. The second-order valence-corrected chi connectivity index (χ2v) is 3.54. The quantitative estimate of drug-likeness (QED) is 0.511. The van der Waals surface area contributed by atoms with Gasteiger partial charge in [0.25, 0.3) is 0 Å². The zero-order valence-electron chi connectivity index (χ0n) is 6.92. The third kappa shape index (κ3) is 1.16. The minimum Gasteiger partial charge on any atom is -0.367 e. The zero-order chi connectivity index (χ0) is 7.90. The van der Waals surface area contributed by atoms with E-state index in [9.17, 15) is 0 Å². The molecule has 1 nitrogen and oxygen atoms in total. The fourth-order valence-electron chi connectivity index (χ4n) is 1.42. The van der Waals surface area contributed by atoms with Crippen LogP contribution in [0.5, 0.6) is 0 Å². The zero-order valence-corrected chi connectivity index (χ0v) is 6.92. The SMILES string of the molecule is CC1(C)C=C2C=CC=C2CO1. The molecule has 0 spiro atoms. The largest absolute Gasteiger partial charge is 0.367 e. The van der Waals surface area contributed by atoms with Crippen LogP contribution in [0.2, 0.25) is 0 Å². The lowest BCUT2D eigenvalue weighted by Gasteiger charge is -2.27. The van der Waals surface area contributed by atoms with Crippen molar-refractivity contribution in [2.75, 3.05) is 6.61 Å². The van der Waals surface area contributed by atoms with E-state index in [1.807, 2.05) is 0 Å². The molecule has 1 aliphatic carbocycles. The molecule has 2 rings (SSSR count). The third-order valence-electron chi connectivity index (χ3n) is 2.05. The number of hydrogen-bond acceptors (Lipinski definition) is 1. The molecule has 0 amide bonds. The minimum atomic E-state index is -0.0820. The summed E-state index contributed by atoms with van der Waals surface area (Å²) < 4.78 is 5.59. The van der Waals surface area contributed by atoms with Crippen LogP contribution in [0, 0.1) is 0 Å². The van der Waals surface area contributed by atoms with Gasteiger partial charge in [-0.25, -0.2) is 0 Å². The van der Waals surface area contributed by atoms with E-state index in [4.69, 9.17) is 4.74 Å². The van der Waals surface area contributed by atoms with Gasteiger partial charge in [-0.1, -0.05) is 18.2 Å². The first kappa shape index (κ1) is 6.86. The highest BCUT2D eigenvalue weighted by Crippen LogP contribution is 2.29. The predicted molar refractivity (Wildman–Crippen MR) is 45.3 cm³/mol. The molecule has 0 aromatic heterocycles. The molecule has 0 aromatic rings. The highest BCUT2D eigenvalue weighted by atomic mass is 16.5. The van der Waals surface area contributed by atoms with Gasteiger partial charge in [-0.15, -0.1) is 0 Å². The Kier molecular flexibility index (Phi) is 1.30. The average Bonchev–Trinajstić information content (AvgIpc) is 2.31. The van der Waals surface area contributed by atoms with Crippen molar-refractivity contribution in [2.45, 2.75) is 19.4 Å². The minimum absolute atomic E-state index is 0.0820. The monoisotopic (exact) mass is 148 g/mol. The number of ether oxygens (including phenoxy) is 1. The molecular weight excluding hydrogens is 136 g/mol. The Labute approximate surface area is 67.1 Å². The standard InChI is InChI=1S/C10H12O/c1-10(2)6-8-4-3-5-9(8)7-11-10/h3-6H,7H2,1-2H3. The van der Waals surface area contributed by atoms with E-state index in [1.54, 1.807) is 0 Å². The Bertz CT molecular complexity index is 267. The highest BCUT2D eigenvalue weighted by molar-refractivity contribution is 5.50. The van der Waals surface area contributed by atoms with Gasteiger partial charge in [0.2, 0.25) is 0 Å². The van der Waals surface area contributed by atoms with Gasteiger partial charge in [0, 0.05) is 0 Å². The molecule has 0 saturated heterocycles. The summed E-state index contributed by atoms with van der Waals surface area (Å²) in [5.74, 6) is 0. The van der Waals surface area contributed by atoms with Gasteiger partial charge in [0.1, 0.15) is 0 Å². The molecule has 11 heavy (non-hydrogen) atoms. The Morgan fingerprint density at radius 1 is 1.45 bits per heavy atom. The lowest BCUT2D eigenvalue weighted by molar-refractivity contribution is 0.0289. The Morgan fingerprint density at radius 3 is 3.09 bits per heavy atom. The molecule has 1 heteroatoms. The van der Waals surface area contributed by atoms with Crippen LogP contribution < -0.4 is 0 Å². The van der Waals surface area contributed by atoms with Crippen molar-refractivity contribution in [1.82, 2.24) is 0 Å². The van der Waals surface area contributed by atoms with E-state index in [2.05, 4.69) is 38.2 Å². The maximum Gasteiger partial charge on any atom is 0.0819 e. The highest BCUT2D eigenvalue weighted by Gasteiger charge is 2.23. The fourth-order valence-corrected chi connectivity index (χ4v) is 1.42. The number of hydrogen-bond donors (Lipinski definition) is 0. The van der Waals surface area contributed by atoms with Crippen molar-refractivity contribution in [1.29, 1.82) is 0 Å². The first-order chi connectivity index (χ1) is 5.17. The van der Waals surface area contributed by atoms with Crippen molar-refractivity contribution in [3.8, 4) is 0 Å². The van der Waals surface area contributed by atoms with Gasteiger partial charge in [-0.05, 0) is 31.1 Å². The van der Waals surface area contributed by atoms with Gasteiger partial charge in [-0.3, -0.25) is 0 Å². The van der Waals surface area contributed by atoms with Crippen molar-refractivity contribution >= 4 is 0 Å². The van der Waals surface area contributed by atoms with Crippen LogP contribution in [-0.2, 0) is 4.74 Å². The molecular formula is C10H12O. The lowest BCUT2D eigenvalue weighted by Crippen LogP contribution is -2.27. The third-order valence-corrected chi connectivity index (χ3v) is 2.05. The van der Waals surface area contributed by atoms with Gasteiger partial charge >= 0.3 is 0 Å². The second-order valence-electron chi connectivity index (χ2n) is 3.54. The molecule has 1 heterocycles. The van der Waals surface area contributed by atoms with Gasteiger partial charge in [-0.2, -0.15) is 0 Å². The molecule has 0 unspecified atom stereocenters. The van der Waals surface area contributed by atoms with Crippen LogP contribution in [0.1, 0.15) is 13.8 Å². The Balaban J connectivity index is 2.38. The first-order valence-corrected chi connectivity index (χ1v) is 3.92. The van der Waals surface area contributed by atoms with Crippen molar-refractivity contribution in [3.63, 3.8) is 0 Å².